The van der Waals surface area contributed by atoms with Crippen LogP contribution in [0.25, 0.3) is 0 Å². The highest BCUT2D eigenvalue weighted by Crippen LogP contribution is 2.10. The third-order valence-electron chi connectivity index (χ3n) is 2.43. The smallest absolute Gasteiger partial charge is 0.329 e. The van der Waals surface area contributed by atoms with Crippen LogP contribution in [0.3, 0.4) is 0 Å². The Labute approximate surface area is 119 Å². The number of benzene rings is 1. The quantitative estimate of drug-likeness (QED) is 0.664. The minimum atomic E-state index is -0.723. The van der Waals surface area contributed by atoms with E-state index in [1.165, 1.54) is 0 Å². The molecule has 0 aromatic heterocycles. The number of carbonyl (C=O) groups excluding carboxylic acids is 2. The normalized spacial score (nSPS) is 12.3. The number of rotatable bonds is 5. The maximum Gasteiger partial charge on any atom is 0.329 e. The molecular formula is C16H21NO3. The van der Waals surface area contributed by atoms with Gasteiger partial charge in [-0.2, -0.15) is 0 Å². The minimum absolute atomic E-state index is 0.302. The molecule has 0 radical (unpaired) electrons. The van der Waals surface area contributed by atoms with Crippen molar-refractivity contribution in [2.24, 2.45) is 0 Å². The molecule has 0 bridgehead atoms. The molecule has 0 fully saturated rings. The van der Waals surface area contributed by atoms with E-state index < -0.39 is 17.6 Å². The summed E-state index contributed by atoms with van der Waals surface area (Å²) < 4.78 is 5.29. The molecule has 0 heterocycles. The third-order valence-corrected chi connectivity index (χ3v) is 2.43. The second-order valence-electron chi connectivity index (χ2n) is 5.45. The first-order chi connectivity index (χ1) is 9.33. The fourth-order valence-corrected chi connectivity index (χ4v) is 1.58. The van der Waals surface area contributed by atoms with Gasteiger partial charge in [-0.25, -0.2) is 4.79 Å². The molecule has 1 N–H and O–H groups in total. The summed E-state index contributed by atoms with van der Waals surface area (Å²) in [6.07, 6.45) is 1.91. The monoisotopic (exact) mass is 275 g/mol. The predicted molar refractivity (Wildman–Crippen MR) is 78.4 cm³/mol. The van der Waals surface area contributed by atoms with Gasteiger partial charge in [-0.3, -0.25) is 4.79 Å². The lowest BCUT2D eigenvalue weighted by Gasteiger charge is -2.24. The molecule has 0 aliphatic rings. The van der Waals surface area contributed by atoms with Crippen molar-refractivity contribution in [3.8, 4) is 0 Å². The Bertz CT molecular complexity index is 474. The number of hydrogen-bond donors (Lipinski definition) is 1. The molecule has 4 heteroatoms. The maximum absolute atomic E-state index is 12.0. The highest BCUT2D eigenvalue weighted by Gasteiger charge is 2.25. The molecule has 1 amide bonds. The first-order valence-corrected chi connectivity index (χ1v) is 6.53. The fourth-order valence-electron chi connectivity index (χ4n) is 1.58. The summed E-state index contributed by atoms with van der Waals surface area (Å²) in [7, 11) is 0. The lowest BCUT2D eigenvalue weighted by atomic mass is 10.1. The molecule has 0 saturated heterocycles. The van der Waals surface area contributed by atoms with Crippen LogP contribution in [-0.2, 0) is 9.53 Å². The van der Waals surface area contributed by atoms with Crippen molar-refractivity contribution in [1.29, 1.82) is 0 Å². The van der Waals surface area contributed by atoms with Gasteiger partial charge in [0, 0.05) is 5.56 Å². The molecule has 1 aromatic carbocycles. The Balaban J connectivity index is 2.75. The van der Waals surface area contributed by atoms with Crippen LogP contribution in [0.4, 0.5) is 0 Å². The van der Waals surface area contributed by atoms with E-state index in [1.54, 1.807) is 51.1 Å². The Hall–Kier alpha value is -2.10. The van der Waals surface area contributed by atoms with Crippen molar-refractivity contribution in [3.63, 3.8) is 0 Å². The second-order valence-corrected chi connectivity index (χ2v) is 5.45. The van der Waals surface area contributed by atoms with Gasteiger partial charge in [0.05, 0.1) is 0 Å². The van der Waals surface area contributed by atoms with Crippen molar-refractivity contribution in [2.45, 2.75) is 38.8 Å². The summed E-state index contributed by atoms with van der Waals surface area (Å²) in [5.74, 6) is -0.759. The summed E-state index contributed by atoms with van der Waals surface area (Å²) in [5.41, 5.74) is -0.0846. The Morgan fingerprint density at radius 3 is 2.40 bits per heavy atom. The van der Waals surface area contributed by atoms with Crippen LogP contribution in [0.5, 0.6) is 0 Å². The van der Waals surface area contributed by atoms with Gasteiger partial charge in [0.15, 0.2) is 0 Å². The zero-order chi connectivity index (χ0) is 15.2. The van der Waals surface area contributed by atoms with Gasteiger partial charge >= 0.3 is 5.97 Å². The number of ether oxygens (including phenoxy) is 1. The molecule has 4 nitrogen and oxygen atoms in total. The first kappa shape index (κ1) is 16.0. The zero-order valence-corrected chi connectivity index (χ0v) is 12.2. The van der Waals surface area contributed by atoms with E-state index in [1.807, 2.05) is 6.07 Å². The highest BCUT2D eigenvalue weighted by molar-refractivity contribution is 5.96. The molecular weight excluding hydrogens is 254 g/mol. The zero-order valence-electron chi connectivity index (χ0n) is 12.2. The van der Waals surface area contributed by atoms with Gasteiger partial charge in [0.2, 0.25) is 0 Å². The number of esters is 1. The number of hydrogen-bond acceptors (Lipinski definition) is 3. The van der Waals surface area contributed by atoms with Crippen molar-refractivity contribution in [2.75, 3.05) is 0 Å². The van der Waals surface area contributed by atoms with Crippen molar-refractivity contribution in [3.05, 3.63) is 48.6 Å². The van der Waals surface area contributed by atoms with Crippen LogP contribution in [0.15, 0.2) is 43.0 Å². The second kappa shape index (κ2) is 6.89. The van der Waals surface area contributed by atoms with E-state index in [2.05, 4.69) is 11.9 Å². The van der Waals surface area contributed by atoms with Gasteiger partial charge in [-0.15, -0.1) is 6.58 Å². The number of nitrogens with one attached hydrogen (secondary N) is 1. The van der Waals surface area contributed by atoms with Gasteiger partial charge < -0.3 is 10.1 Å². The average Bonchev–Trinajstić information content (AvgIpc) is 2.37. The van der Waals surface area contributed by atoms with Crippen LogP contribution in [0.1, 0.15) is 37.6 Å². The molecule has 0 unspecified atom stereocenters. The molecule has 0 saturated carbocycles. The van der Waals surface area contributed by atoms with Crippen molar-refractivity contribution < 1.29 is 14.3 Å². The van der Waals surface area contributed by atoms with Crippen molar-refractivity contribution in [1.82, 2.24) is 5.32 Å². The van der Waals surface area contributed by atoms with E-state index in [4.69, 9.17) is 4.74 Å². The van der Waals surface area contributed by atoms with E-state index in [0.29, 0.717) is 12.0 Å². The lowest BCUT2D eigenvalue weighted by Crippen LogP contribution is -2.43. The molecule has 1 rings (SSSR count). The van der Waals surface area contributed by atoms with E-state index in [0.717, 1.165) is 0 Å². The largest absolute Gasteiger partial charge is 0.458 e. The van der Waals surface area contributed by atoms with Crippen LogP contribution in [0, 0.1) is 0 Å². The molecule has 20 heavy (non-hydrogen) atoms. The number of amides is 1. The van der Waals surface area contributed by atoms with Gasteiger partial charge in [-0.1, -0.05) is 24.3 Å². The van der Waals surface area contributed by atoms with E-state index in [9.17, 15) is 9.59 Å². The molecule has 0 aliphatic heterocycles. The van der Waals surface area contributed by atoms with Crippen LogP contribution < -0.4 is 5.32 Å². The summed E-state index contributed by atoms with van der Waals surface area (Å²) in [4.78, 5) is 24.1. The fraction of sp³-hybridized carbons (Fsp3) is 0.375. The van der Waals surface area contributed by atoms with Gasteiger partial charge in [0.1, 0.15) is 11.6 Å². The minimum Gasteiger partial charge on any atom is -0.458 e. The topological polar surface area (TPSA) is 55.4 Å². The SMILES string of the molecule is C=CC[C@H](NC(=O)c1ccccc1)C(=O)OC(C)(C)C. The molecule has 0 spiro atoms. The molecule has 1 aromatic rings. The van der Waals surface area contributed by atoms with Crippen molar-refractivity contribution >= 4 is 11.9 Å². The predicted octanol–water partition coefficient (Wildman–Crippen LogP) is 2.70. The summed E-state index contributed by atoms with van der Waals surface area (Å²) >= 11 is 0. The number of carbonyl (C=O) groups is 2. The lowest BCUT2D eigenvalue weighted by molar-refractivity contribution is -0.157. The Kier molecular flexibility index (Phi) is 5.50. The van der Waals surface area contributed by atoms with Gasteiger partial charge in [-0.05, 0) is 39.3 Å². The summed E-state index contributed by atoms with van der Waals surface area (Å²) in [6.45, 7) is 8.96. The van der Waals surface area contributed by atoms with Crippen LogP contribution >= 0.6 is 0 Å². The Morgan fingerprint density at radius 1 is 1.30 bits per heavy atom. The molecule has 0 aliphatic carbocycles. The summed E-state index contributed by atoms with van der Waals surface area (Å²) in [5, 5.41) is 2.67. The maximum atomic E-state index is 12.0. The van der Waals surface area contributed by atoms with Crippen LogP contribution in [0.2, 0.25) is 0 Å². The standard InChI is InChI=1S/C16H21NO3/c1-5-9-13(15(19)20-16(2,3)4)17-14(18)12-10-7-6-8-11-12/h5-8,10-11,13H,1,9H2,2-4H3,(H,17,18)/t13-/m0/s1. The highest BCUT2D eigenvalue weighted by atomic mass is 16.6. The molecule has 108 valence electrons. The Morgan fingerprint density at radius 2 is 1.90 bits per heavy atom. The van der Waals surface area contributed by atoms with Gasteiger partial charge in [0.25, 0.3) is 5.91 Å². The van der Waals surface area contributed by atoms with E-state index in [-0.39, 0.29) is 5.91 Å². The average molecular weight is 275 g/mol. The van der Waals surface area contributed by atoms with E-state index >= 15 is 0 Å². The van der Waals surface area contributed by atoms with Crippen LogP contribution in [-0.4, -0.2) is 23.5 Å². The summed E-state index contributed by atoms with van der Waals surface area (Å²) in [6, 6.07) is 8.02. The third kappa shape index (κ3) is 5.26. The molecule has 1 atom stereocenters. The first-order valence-electron chi connectivity index (χ1n) is 6.53.